The van der Waals surface area contributed by atoms with Gasteiger partial charge in [-0.25, -0.2) is 4.39 Å². The maximum atomic E-state index is 14.1. The number of aliphatic hydroxyl groups excluding tert-OH is 1. The number of carbonyl (C=O) groups is 1. The van der Waals surface area contributed by atoms with Gasteiger partial charge in [-0.3, -0.25) is 4.79 Å². The average molecular weight is 649 g/mol. The molecule has 4 N–H and O–H groups in total. The largest absolute Gasteiger partial charge is 0.508 e. The lowest BCUT2D eigenvalue weighted by Gasteiger charge is -2.40. The number of hydrogen-bond donors (Lipinski definition) is 4. The summed E-state index contributed by atoms with van der Waals surface area (Å²) in [6, 6.07) is 14.8. The van der Waals surface area contributed by atoms with Crippen molar-refractivity contribution in [1.82, 2.24) is 10.6 Å². The lowest BCUT2D eigenvalue weighted by molar-refractivity contribution is -0.137. The molecule has 45 heavy (non-hydrogen) atoms. The molecule has 0 heterocycles. The van der Waals surface area contributed by atoms with E-state index in [0.717, 1.165) is 22.8 Å². The van der Waals surface area contributed by atoms with Crippen LogP contribution in [0.15, 0.2) is 60.7 Å². The molecule has 0 saturated carbocycles. The van der Waals surface area contributed by atoms with Crippen LogP contribution in [0.1, 0.15) is 67.2 Å². The molecule has 0 aliphatic carbocycles. The highest BCUT2D eigenvalue weighted by Gasteiger charge is 2.39. The number of nitrogens with one attached hydrogen (secondary N) is 2. The van der Waals surface area contributed by atoms with E-state index in [0.29, 0.717) is 30.7 Å². The van der Waals surface area contributed by atoms with E-state index in [-0.39, 0.29) is 48.1 Å². The summed E-state index contributed by atoms with van der Waals surface area (Å²) >= 11 is 0. The summed E-state index contributed by atoms with van der Waals surface area (Å²) in [6.45, 7) is 12.8. The molecule has 2 atom stereocenters. The maximum absolute atomic E-state index is 14.1. The van der Waals surface area contributed by atoms with Gasteiger partial charge in [-0.05, 0) is 78.5 Å². The molecule has 0 radical (unpaired) electrons. The molecule has 3 aromatic rings. The minimum atomic E-state index is -4.60. The van der Waals surface area contributed by atoms with E-state index in [4.69, 9.17) is 4.43 Å². The van der Waals surface area contributed by atoms with E-state index in [9.17, 15) is 32.6 Å². The highest BCUT2D eigenvalue weighted by atomic mass is 28.4. The number of aromatic hydroxyl groups is 1. The standard InChI is InChI=1S/C34H44F4N2O4Si/c1-22(39-20-31(44-45(5,6)33(2,3)4)25-10-13-30(42)27(17-25)21-41)14-23-8-7-9-24(15-23)16-32(43)40-19-26-18-28(34(36,37)38)11-12-29(26)35/h7-13,15,17-18,22,31,39,41-42H,14,16,19-21H2,1-6H3,(H,40,43)/t22-,31-/m1/s1. The second-order valence-electron chi connectivity index (χ2n) is 13.0. The van der Waals surface area contributed by atoms with Crippen molar-refractivity contribution in [3.05, 3.63) is 99.9 Å². The molecule has 0 aromatic heterocycles. The molecule has 0 saturated heterocycles. The third kappa shape index (κ3) is 10.4. The molecule has 0 aliphatic heterocycles. The fourth-order valence-corrected chi connectivity index (χ4v) is 5.91. The molecule has 11 heteroatoms. The van der Waals surface area contributed by atoms with Crippen LogP contribution in [0.3, 0.4) is 0 Å². The normalized spacial score (nSPS) is 13.8. The van der Waals surface area contributed by atoms with Crippen LogP contribution in [0, 0.1) is 5.82 Å². The van der Waals surface area contributed by atoms with Gasteiger partial charge in [0.1, 0.15) is 11.6 Å². The van der Waals surface area contributed by atoms with Crippen LogP contribution in [-0.2, 0) is 41.4 Å². The topological polar surface area (TPSA) is 90.8 Å². The van der Waals surface area contributed by atoms with Crippen LogP contribution in [-0.4, -0.2) is 37.0 Å². The third-order valence-corrected chi connectivity index (χ3v) is 12.8. The van der Waals surface area contributed by atoms with Gasteiger partial charge in [-0.1, -0.05) is 51.1 Å². The van der Waals surface area contributed by atoms with Crippen molar-refractivity contribution in [2.45, 2.75) is 90.1 Å². The Hall–Kier alpha value is -3.25. The van der Waals surface area contributed by atoms with Crippen molar-refractivity contribution < 1.29 is 37.0 Å². The molecule has 0 spiro atoms. The molecule has 0 bridgehead atoms. The first kappa shape index (κ1) is 36.2. The van der Waals surface area contributed by atoms with Crippen LogP contribution >= 0.6 is 0 Å². The molecule has 3 rings (SSSR count). The predicted octanol–water partition coefficient (Wildman–Crippen LogP) is 7.19. The summed E-state index contributed by atoms with van der Waals surface area (Å²) in [5, 5.41) is 25.8. The molecular weight excluding hydrogens is 604 g/mol. The van der Waals surface area contributed by atoms with E-state index in [1.54, 1.807) is 18.2 Å². The molecule has 6 nitrogen and oxygen atoms in total. The smallest absolute Gasteiger partial charge is 0.416 e. The number of carbonyl (C=O) groups excluding carboxylic acids is 1. The first-order valence-corrected chi connectivity index (χ1v) is 17.8. The van der Waals surface area contributed by atoms with E-state index >= 15 is 0 Å². The van der Waals surface area contributed by atoms with E-state index in [1.165, 1.54) is 0 Å². The summed E-state index contributed by atoms with van der Waals surface area (Å²) in [5.74, 6) is -1.22. The Morgan fingerprint density at radius 2 is 1.67 bits per heavy atom. The van der Waals surface area contributed by atoms with Crippen molar-refractivity contribution in [3.63, 3.8) is 0 Å². The van der Waals surface area contributed by atoms with Gasteiger partial charge in [-0.2, -0.15) is 13.2 Å². The Morgan fingerprint density at radius 3 is 2.31 bits per heavy atom. The van der Waals surface area contributed by atoms with Crippen LogP contribution in [0.2, 0.25) is 18.1 Å². The summed E-state index contributed by atoms with van der Waals surface area (Å²) in [4.78, 5) is 12.6. The monoisotopic (exact) mass is 648 g/mol. The number of rotatable bonds is 13. The van der Waals surface area contributed by atoms with Gasteiger partial charge >= 0.3 is 6.18 Å². The fraction of sp³-hybridized carbons (Fsp3) is 0.441. The molecule has 3 aromatic carbocycles. The predicted molar refractivity (Wildman–Crippen MR) is 170 cm³/mol. The van der Waals surface area contributed by atoms with Crippen molar-refractivity contribution >= 4 is 14.2 Å². The lowest BCUT2D eigenvalue weighted by atomic mass is 10.0. The first-order chi connectivity index (χ1) is 20.9. The fourth-order valence-electron chi connectivity index (χ4n) is 4.62. The Balaban J connectivity index is 1.63. The number of aliphatic hydroxyl groups is 1. The van der Waals surface area contributed by atoms with Gasteiger partial charge < -0.3 is 25.3 Å². The zero-order chi connectivity index (χ0) is 33.6. The number of amides is 1. The van der Waals surface area contributed by atoms with Gasteiger partial charge in [0.2, 0.25) is 5.91 Å². The van der Waals surface area contributed by atoms with Crippen LogP contribution in [0.4, 0.5) is 17.6 Å². The van der Waals surface area contributed by atoms with Crippen LogP contribution < -0.4 is 10.6 Å². The Labute approximate surface area is 264 Å². The second-order valence-corrected chi connectivity index (χ2v) is 17.8. The second kappa shape index (κ2) is 14.9. The maximum Gasteiger partial charge on any atom is 0.416 e. The highest BCUT2D eigenvalue weighted by Crippen LogP contribution is 2.40. The molecule has 0 unspecified atom stereocenters. The van der Waals surface area contributed by atoms with Crippen molar-refractivity contribution in [3.8, 4) is 5.75 Å². The van der Waals surface area contributed by atoms with Gasteiger partial charge in [0.05, 0.1) is 24.7 Å². The Morgan fingerprint density at radius 1 is 0.978 bits per heavy atom. The van der Waals surface area contributed by atoms with Crippen LogP contribution in [0.25, 0.3) is 0 Å². The van der Waals surface area contributed by atoms with E-state index < -0.39 is 31.8 Å². The van der Waals surface area contributed by atoms with Gasteiger partial charge in [-0.15, -0.1) is 0 Å². The summed E-state index contributed by atoms with van der Waals surface area (Å²) in [6.07, 6.45) is -4.27. The summed E-state index contributed by atoms with van der Waals surface area (Å²) in [7, 11) is -2.18. The molecule has 246 valence electrons. The SMILES string of the molecule is C[C@H](Cc1cccc(CC(=O)NCc2cc(C(F)(F)F)ccc2F)c1)NC[C@@H](O[Si](C)(C)C(C)(C)C)c1ccc(O)c(CO)c1. The van der Waals surface area contributed by atoms with E-state index in [2.05, 4.69) is 44.5 Å². The van der Waals surface area contributed by atoms with Gasteiger partial charge in [0.25, 0.3) is 0 Å². The number of alkyl halides is 3. The average Bonchev–Trinajstić information content (AvgIpc) is 2.94. The quantitative estimate of drug-likeness (QED) is 0.116. The summed E-state index contributed by atoms with van der Waals surface area (Å²) < 4.78 is 59.8. The van der Waals surface area contributed by atoms with Gasteiger partial charge in [0.15, 0.2) is 8.32 Å². The minimum absolute atomic E-state index is 0.00724. The molecule has 0 aliphatic rings. The van der Waals surface area contributed by atoms with Crippen molar-refractivity contribution in [2.24, 2.45) is 0 Å². The highest BCUT2D eigenvalue weighted by molar-refractivity contribution is 6.74. The zero-order valence-electron chi connectivity index (χ0n) is 26.7. The number of hydrogen-bond acceptors (Lipinski definition) is 5. The number of halogens is 4. The van der Waals surface area contributed by atoms with Crippen molar-refractivity contribution in [2.75, 3.05) is 6.54 Å². The number of phenols is 1. The van der Waals surface area contributed by atoms with Crippen molar-refractivity contribution in [1.29, 1.82) is 0 Å². The third-order valence-electron chi connectivity index (χ3n) is 8.29. The Kier molecular flexibility index (Phi) is 12.0. The summed E-state index contributed by atoms with van der Waals surface area (Å²) in [5.41, 5.74) is 1.80. The number of benzene rings is 3. The zero-order valence-corrected chi connectivity index (χ0v) is 27.7. The molecule has 0 fully saturated rings. The minimum Gasteiger partial charge on any atom is -0.508 e. The van der Waals surface area contributed by atoms with E-state index in [1.807, 2.05) is 31.2 Å². The molecular formula is C34H44F4N2O4Si. The van der Waals surface area contributed by atoms with Crippen LogP contribution in [0.5, 0.6) is 5.75 Å². The lowest BCUT2D eigenvalue weighted by Crippen LogP contribution is -2.44. The molecule has 1 amide bonds. The Bertz CT molecular complexity index is 1460. The first-order valence-electron chi connectivity index (χ1n) is 14.9. The van der Waals surface area contributed by atoms with Gasteiger partial charge in [0, 0.05) is 30.3 Å².